The number of hydrogen-bond acceptors (Lipinski definition) is 4. The molecule has 5 nitrogen and oxygen atoms in total. The molecule has 0 fully saturated rings. The van der Waals surface area contributed by atoms with Gasteiger partial charge in [-0.2, -0.15) is 8.78 Å². The van der Waals surface area contributed by atoms with E-state index in [2.05, 4.69) is 10.1 Å². The molecule has 134 valence electrons. The number of hydrogen-bond donors (Lipinski definition) is 1. The minimum atomic E-state index is -2.87. The zero-order valence-corrected chi connectivity index (χ0v) is 14.1. The van der Waals surface area contributed by atoms with Gasteiger partial charge >= 0.3 is 6.61 Å². The summed E-state index contributed by atoms with van der Waals surface area (Å²) in [4.78, 5) is 12.4. The summed E-state index contributed by atoms with van der Waals surface area (Å²) in [7, 11) is 3.00. The third-order valence-electron chi connectivity index (χ3n) is 3.57. The maximum absolute atomic E-state index is 12.4. The summed E-state index contributed by atoms with van der Waals surface area (Å²) < 4.78 is 38.9. The molecule has 0 aliphatic carbocycles. The number of ether oxygens (including phenoxy) is 3. The van der Waals surface area contributed by atoms with E-state index in [4.69, 9.17) is 9.47 Å². The van der Waals surface area contributed by atoms with Crippen LogP contribution in [0.4, 0.5) is 8.78 Å². The molecule has 1 unspecified atom stereocenters. The molecule has 2 aromatic carbocycles. The summed E-state index contributed by atoms with van der Waals surface area (Å²) in [6.45, 7) is -1.08. The van der Waals surface area contributed by atoms with Crippen LogP contribution in [0.3, 0.4) is 0 Å². The summed E-state index contributed by atoms with van der Waals surface area (Å²) in [5, 5.41) is 2.84. The number of carbonyl (C=O) groups is 1. The molecule has 0 radical (unpaired) electrons. The summed E-state index contributed by atoms with van der Waals surface area (Å²) in [5.74, 6) is 0.767. The number of nitrogens with one attached hydrogen (secondary N) is 1. The molecule has 0 bridgehead atoms. The molecule has 0 saturated heterocycles. The van der Waals surface area contributed by atoms with Gasteiger partial charge in [-0.3, -0.25) is 4.79 Å². The Balaban J connectivity index is 2.09. The second kappa shape index (κ2) is 8.32. The quantitative estimate of drug-likeness (QED) is 0.824. The van der Waals surface area contributed by atoms with Crippen LogP contribution < -0.4 is 19.5 Å². The zero-order valence-electron chi connectivity index (χ0n) is 14.1. The van der Waals surface area contributed by atoms with Crippen LogP contribution in [0.5, 0.6) is 17.2 Å². The van der Waals surface area contributed by atoms with Crippen LogP contribution in [0.25, 0.3) is 0 Å². The first kappa shape index (κ1) is 18.5. The molecule has 0 heterocycles. The predicted molar refractivity (Wildman–Crippen MR) is 88.5 cm³/mol. The number of rotatable bonds is 7. The zero-order chi connectivity index (χ0) is 18.4. The van der Waals surface area contributed by atoms with Gasteiger partial charge in [-0.1, -0.05) is 12.1 Å². The van der Waals surface area contributed by atoms with E-state index in [9.17, 15) is 13.6 Å². The Hall–Kier alpha value is -2.83. The van der Waals surface area contributed by atoms with E-state index in [1.54, 1.807) is 37.3 Å². The summed E-state index contributed by atoms with van der Waals surface area (Å²) >= 11 is 0. The lowest BCUT2D eigenvalue weighted by molar-refractivity contribution is -0.0498. The fourth-order valence-electron chi connectivity index (χ4n) is 2.24. The van der Waals surface area contributed by atoms with Gasteiger partial charge in [0.15, 0.2) is 0 Å². The van der Waals surface area contributed by atoms with Crippen LogP contribution in [0, 0.1) is 0 Å². The molecule has 1 amide bonds. The first-order valence-corrected chi connectivity index (χ1v) is 7.51. The molecule has 2 aromatic rings. The second-order valence-electron chi connectivity index (χ2n) is 5.24. The van der Waals surface area contributed by atoms with Gasteiger partial charge in [0.2, 0.25) is 0 Å². The summed E-state index contributed by atoms with van der Waals surface area (Å²) in [6, 6.07) is 10.6. The van der Waals surface area contributed by atoms with E-state index >= 15 is 0 Å². The predicted octanol–water partition coefficient (Wildman–Crippen LogP) is 3.80. The van der Waals surface area contributed by atoms with E-state index in [0.29, 0.717) is 17.1 Å². The second-order valence-corrected chi connectivity index (χ2v) is 5.24. The Morgan fingerprint density at radius 2 is 1.52 bits per heavy atom. The van der Waals surface area contributed by atoms with Crippen LogP contribution in [0.1, 0.15) is 28.9 Å². The monoisotopic (exact) mass is 351 g/mol. The third-order valence-corrected chi connectivity index (χ3v) is 3.57. The normalized spacial score (nSPS) is 11.8. The van der Waals surface area contributed by atoms with Crippen molar-refractivity contribution in [3.8, 4) is 17.2 Å². The van der Waals surface area contributed by atoms with Crippen molar-refractivity contribution in [2.24, 2.45) is 0 Å². The minimum absolute atomic E-state index is 0.0646. The number of carbonyl (C=O) groups excluding carboxylic acids is 1. The molecule has 1 atom stereocenters. The van der Waals surface area contributed by atoms with Gasteiger partial charge in [0.1, 0.15) is 17.2 Å². The van der Waals surface area contributed by atoms with Crippen LogP contribution in [0.15, 0.2) is 42.5 Å². The first-order chi connectivity index (χ1) is 11.9. The number of benzene rings is 2. The SMILES string of the molecule is COc1cc(OC)cc(C(=O)NC(C)c2ccc(OC(F)F)cc2)c1. The molecular formula is C18H19F2NO4. The first-order valence-electron chi connectivity index (χ1n) is 7.51. The Morgan fingerprint density at radius 3 is 2.00 bits per heavy atom. The smallest absolute Gasteiger partial charge is 0.387 e. The summed E-state index contributed by atoms with van der Waals surface area (Å²) in [5.41, 5.74) is 1.14. The third kappa shape index (κ3) is 5.07. The van der Waals surface area contributed by atoms with Crippen molar-refractivity contribution in [1.82, 2.24) is 5.32 Å². The van der Waals surface area contributed by atoms with Crippen LogP contribution in [0.2, 0.25) is 0 Å². The molecule has 2 rings (SSSR count). The van der Waals surface area contributed by atoms with Crippen LogP contribution in [-0.2, 0) is 0 Å². The van der Waals surface area contributed by atoms with Gasteiger partial charge in [0.05, 0.1) is 20.3 Å². The molecule has 0 aliphatic heterocycles. The minimum Gasteiger partial charge on any atom is -0.497 e. The average Bonchev–Trinajstić information content (AvgIpc) is 2.61. The van der Waals surface area contributed by atoms with Crippen molar-refractivity contribution in [1.29, 1.82) is 0 Å². The summed E-state index contributed by atoms with van der Waals surface area (Å²) in [6.07, 6.45) is 0. The van der Waals surface area contributed by atoms with Crippen molar-refractivity contribution < 1.29 is 27.8 Å². The van der Waals surface area contributed by atoms with Gasteiger partial charge in [-0.05, 0) is 36.8 Å². The maximum atomic E-state index is 12.4. The fraction of sp³-hybridized carbons (Fsp3) is 0.278. The van der Waals surface area contributed by atoms with Crippen molar-refractivity contribution >= 4 is 5.91 Å². The Kier molecular flexibility index (Phi) is 6.16. The molecule has 0 spiro atoms. The fourth-order valence-corrected chi connectivity index (χ4v) is 2.24. The highest BCUT2D eigenvalue weighted by Gasteiger charge is 2.14. The van der Waals surface area contributed by atoms with Crippen LogP contribution in [-0.4, -0.2) is 26.7 Å². The van der Waals surface area contributed by atoms with Gasteiger partial charge in [-0.25, -0.2) is 0 Å². The average molecular weight is 351 g/mol. The van der Waals surface area contributed by atoms with Gasteiger partial charge < -0.3 is 19.5 Å². The van der Waals surface area contributed by atoms with Gasteiger partial charge in [0.25, 0.3) is 5.91 Å². The van der Waals surface area contributed by atoms with E-state index < -0.39 is 6.61 Å². The lowest BCUT2D eigenvalue weighted by Gasteiger charge is -2.16. The van der Waals surface area contributed by atoms with E-state index in [1.807, 2.05) is 0 Å². The highest BCUT2D eigenvalue weighted by atomic mass is 19.3. The number of alkyl halides is 2. The Labute approximate surface area is 144 Å². The number of halogens is 2. The molecular weight excluding hydrogens is 332 g/mol. The van der Waals surface area contributed by atoms with E-state index in [-0.39, 0.29) is 17.7 Å². The molecule has 0 aromatic heterocycles. The van der Waals surface area contributed by atoms with Crippen molar-refractivity contribution in [2.75, 3.05) is 14.2 Å². The Morgan fingerprint density at radius 1 is 0.960 bits per heavy atom. The molecule has 7 heteroatoms. The number of methoxy groups -OCH3 is 2. The number of amides is 1. The lowest BCUT2D eigenvalue weighted by atomic mass is 10.1. The largest absolute Gasteiger partial charge is 0.497 e. The van der Waals surface area contributed by atoms with E-state index in [1.165, 1.54) is 26.4 Å². The molecule has 0 saturated carbocycles. The van der Waals surface area contributed by atoms with E-state index in [0.717, 1.165) is 5.56 Å². The lowest BCUT2D eigenvalue weighted by Crippen LogP contribution is -2.26. The molecule has 1 N–H and O–H groups in total. The highest BCUT2D eigenvalue weighted by Crippen LogP contribution is 2.24. The van der Waals surface area contributed by atoms with Crippen molar-refractivity contribution in [2.45, 2.75) is 19.6 Å². The Bertz CT molecular complexity index is 697. The molecule has 25 heavy (non-hydrogen) atoms. The van der Waals surface area contributed by atoms with Gasteiger partial charge in [0, 0.05) is 11.6 Å². The molecule has 0 aliphatic rings. The maximum Gasteiger partial charge on any atom is 0.387 e. The standard InChI is InChI=1S/C18H19F2NO4/c1-11(12-4-6-14(7-5-12)25-18(19)20)21-17(22)13-8-15(23-2)10-16(9-13)24-3/h4-11,18H,1-3H3,(H,21,22). The van der Waals surface area contributed by atoms with Crippen molar-refractivity contribution in [3.63, 3.8) is 0 Å². The van der Waals surface area contributed by atoms with Crippen LogP contribution >= 0.6 is 0 Å². The highest BCUT2D eigenvalue weighted by molar-refractivity contribution is 5.95. The topological polar surface area (TPSA) is 56.8 Å². The van der Waals surface area contributed by atoms with Crippen molar-refractivity contribution in [3.05, 3.63) is 53.6 Å². The van der Waals surface area contributed by atoms with Gasteiger partial charge in [-0.15, -0.1) is 0 Å².